The number of aliphatic hydroxyl groups is 2. The van der Waals surface area contributed by atoms with Crippen LogP contribution in [0, 0.1) is 39.9 Å². The van der Waals surface area contributed by atoms with Gasteiger partial charge in [-0.25, -0.2) is 0 Å². The summed E-state index contributed by atoms with van der Waals surface area (Å²) >= 11 is 0. The Kier molecular flexibility index (Phi) is 9.01. The molecule has 0 aliphatic heterocycles. The van der Waals surface area contributed by atoms with E-state index in [1.807, 2.05) is 12.1 Å². The van der Waals surface area contributed by atoms with E-state index in [4.69, 9.17) is 9.47 Å². The molecule has 0 radical (unpaired) electrons. The topological polar surface area (TPSA) is 76.0 Å². The lowest BCUT2D eigenvalue weighted by molar-refractivity contribution is -0.178. The maximum atomic E-state index is 14.5. The molecule has 0 bridgehead atoms. The molecule has 0 spiro atoms. The zero-order valence-corrected chi connectivity index (χ0v) is 30.1. The number of allylic oxidation sites excluding steroid dienone is 2. The second-order valence-electron chi connectivity index (χ2n) is 16.6. The molecular weight excluding hydrogens is 589 g/mol. The van der Waals surface area contributed by atoms with Gasteiger partial charge >= 0.3 is 0 Å². The van der Waals surface area contributed by atoms with E-state index in [1.165, 1.54) is 10.8 Å². The second kappa shape index (κ2) is 12.3. The van der Waals surface area contributed by atoms with E-state index in [0.717, 1.165) is 42.6 Å². The van der Waals surface area contributed by atoms with Gasteiger partial charge in [0.1, 0.15) is 5.75 Å². The molecule has 2 N–H and O–H groups in total. The fraction of sp³-hybridized carbons (Fsp3) is 0.625. The average molecular weight is 645 g/mol. The molecule has 0 amide bonds. The number of ketones is 1. The van der Waals surface area contributed by atoms with Gasteiger partial charge in [0, 0.05) is 18.4 Å². The van der Waals surface area contributed by atoms with Crippen molar-refractivity contribution in [2.45, 2.75) is 97.6 Å². The minimum atomic E-state index is -2.02. The van der Waals surface area contributed by atoms with Crippen LogP contribution in [-0.4, -0.2) is 50.5 Å². The Morgan fingerprint density at radius 1 is 1.02 bits per heavy atom. The van der Waals surface area contributed by atoms with E-state index in [1.54, 1.807) is 7.11 Å². The SMILES string of the molecule is COc1ccc(COC[C@@H](C)[C@H]2CCC3=C4C(=O)C[C@@H]5C(C)(C)[C@@H]([Si](C)(C)c6ccccc6)C[C@H](O)[C@]5(CO)[C@H]4CC[C@@]32C)cc1. The van der Waals surface area contributed by atoms with E-state index < -0.39 is 19.6 Å². The van der Waals surface area contributed by atoms with Gasteiger partial charge < -0.3 is 19.7 Å². The third-order valence-electron chi connectivity index (χ3n) is 13.9. The fourth-order valence-electron chi connectivity index (χ4n) is 11.5. The fourth-order valence-corrected chi connectivity index (χ4v) is 15.8. The highest BCUT2D eigenvalue weighted by atomic mass is 28.3. The number of rotatable bonds is 9. The van der Waals surface area contributed by atoms with E-state index in [2.05, 4.69) is 83.3 Å². The van der Waals surface area contributed by atoms with Gasteiger partial charge in [-0.1, -0.05) is 94.0 Å². The van der Waals surface area contributed by atoms with Crippen molar-refractivity contribution in [3.8, 4) is 5.75 Å². The summed E-state index contributed by atoms with van der Waals surface area (Å²) < 4.78 is 11.5. The Balaban J connectivity index is 1.26. The van der Waals surface area contributed by atoms with Gasteiger partial charge in [-0.3, -0.25) is 4.79 Å². The number of Topliss-reactive ketones (excluding diaryl/α,β-unsaturated/α-hetero) is 1. The van der Waals surface area contributed by atoms with Gasteiger partial charge in [-0.05, 0) is 95.4 Å². The molecule has 0 saturated heterocycles. The predicted octanol–water partition coefficient (Wildman–Crippen LogP) is 7.32. The first kappa shape index (κ1) is 33.6. The Morgan fingerprint density at radius 3 is 2.37 bits per heavy atom. The molecule has 3 saturated carbocycles. The molecule has 6 heteroatoms. The van der Waals surface area contributed by atoms with E-state index in [-0.39, 0.29) is 35.1 Å². The lowest BCUT2D eigenvalue weighted by Gasteiger charge is -2.65. The van der Waals surface area contributed by atoms with Crippen LogP contribution >= 0.6 is 0 Å². The van der Waals surface area contributed by atoms with Crippen LogP contribution in [0.15, 0.2) is 65.7 Å². The smallest absolute Gasteiger partial charge is 0.159 e. The molecule has 2 aromatic rings. The zero-order chi connectivity index (χ0) is 33.1. The summed E-state index contributed by atoms with van der Waals surface area (Å²) in [6.45, 7) is 15.4. The monoisotopic (exact) mass is 644 g/mol. The molecule has 2 aromatic carbocycles. The predicted molar refractivity (Wildman–Crippen MR) is 187 cm³/mol. The van der Waals surface area contributed by atoms with Crippen molar-refractivity contribution in [2.75, 3.05) is 20.3 Å². The highest BCUT2D eigenvalue weighted by Crippen LogP contribution is 2.70. The van der Waals surface area contributed by atoms with Crippen molar-refractivity contribution in [1.29, 1.82) is 0 Å². The molecular formula is C40H56O5Si. The van der Waals surface area contributed by atoms with E-state index in [9.17, 15) is 15.0 Å². The molecule has 3 fully saturated rings. The van der Waals surface area contributed by atoms with Crippen LogP contribution in [0.5, 0.6) is 5.75 Å². The summed E-state index contributed by atoms with van der Waals surface area (Å²) in [5, 5.41) is 25.0. The first-order valence-electron chi connectivity index (χ1n) is 17.6. The third kappa shape index (κ3) is 5.17. The van der Waals surface area contributed by atoms with Gasteiger partial charge in [0.2, 0.25) is 0 Å². The molecule has 6 rings (SSSR count). The first-order chi connectivity index (χ1) is 21.8. The molecule has 0 unspecified atom stereocenters. The quantitative estimate of drug-likeness (QED) is 0.280. The summed E-state index contributed by atoms with van der Waals surface area (Å²) in [4.78, 5) is 14.5. The normalized spacial score (nSPS) is 34.5. The summed E-state index contributed by atoms with van der Waals surface area (Å²) in [6, 6.07) is 18.9. The van der Waals surface area contributed by atoms with Crippen LogP contribution in [0.4, 0.5) is 0 Å². The summed E-state index contributed by atoms with van der Waals surface area (Å²) in [6.07, 6.45) is 4.33. The van der Waals surface area contributed by atoms with Gasteiger partial charge in [0.05, 0.1) is 34.5 Å². The maximum Gasteiger partial charge on any atom is 0.159 e. The Bertz CT molecular complexity index is 1450. The first-order valence-corrected chi connectivity index (χ1v) is 20.7. The lowest BCUT2D eigenvalue weighted by atomic mass is 9.43. The number of aliphatic hydroxyl groups excluding tert-OH is 2. The van der Waals surface area contributed by atoms with Crippen LogP contribution in [0.1, 0.15) is 71.8 Å². The van der Waals surface area contributed by atoms with Crippen LogP contribution in [-0.2, 0) is 16.1 Å². The summed E-state index contributed by atoms with van der Waals surface area (Å²) in [5.74, 6) is 1.80. The molecule has 5 nitrogen and oxygen atoms in total. The second-order valence-corrected chi connectivity index (χ2v) is 21.3. The van der Waals surface area contributed by atoms with Gasteiger partial charge in [-0.15, -0.1) is 0 Å². The van der Waals surface area contributed by atoms with Gasteiger partial charge in [0.25, 0.3) is 0 Å². The largest absolute Gasteiger partial charge is 0.497 e. The van der Waals surface area contributed by atoms with E-state index >= 15 is 0 Å². The number of hydrogen-bond acceptors (Lipinski definition) is 5. The highest BCUT2D eigenvalue weighted by Gasteiger charge is 2.68. The van der Waals surface area contributed by atoms with Crippen molar-refractivity contribution < 1.29 is 24.5 Å². The van der Waals surface area contributed by atoms with Crippen LogP contribution in [0.25, 0.3) is 0 Å². The van der Waals surface area contributed by atoms with Crippen molar-refractivity contribution in [3.63, 3.8) is 0 Å². The van der Waals surface area contributed by atoms with Gasteiger partial charge in [0.15, 0.2) is 5.78 Å². The molecule has 46 heavy (non-hydrogen) atoms. The summed E-state index contributed by atoms with van der Waals surface area (Å²) in [7, 11) is -0.340. The van der Waals surface area contributed by atoms with E-state index in [0.29, 0.717) is 43.4 Å². The number of benzene rings is 2. The van der Waals surface area contributed by atoms with Crippen molar-refractivity contribution in [2.24, 2.45) is 39.9 Å². The zero-order valence-electron chi connectivity index (χ0n) is 29.1. The van der Waals surface area contributed by atoms with Crippen molar-refractivity contribution in [3.05, 3.63) is 71.3 Å². The number of hydrogen-bond donors (Lipinski definition) is 2. The molecule has 250 valence electrons. The Labute approximate surface area is 277 Å². The standard InChI is InChI=1S/C40H56O5Si/c1-26(23-45-24-27-13-15-28(44-5)16-14-27)30-17-18-31-37-32(19-20-39(30,31)4)40(25-41)34(21-33(37)42)38(2,3)36(22-35(40)43)46(6,7)29-11-9-8-10-12-29/h8-16,26,30,32,34-36,41,43H,17-25H2,1-7H3/t26-,30-,32+,34-,35+,36+,39-,40-/m1/s1. The van der Waals surface area contributed by atoms with Crippen LogP contribution in [0.2, 0.25) is 18.6 Å². The Morgan fingerprint density at radius 2 is 1.72 bits per heavy atom. The number of methoxy groups -OCH3 is 1. The van der Waals surface area contributed by atoms with Crippen molar-refractivity contribution >= 4 is 19.0 Å². The number of carbonyl (C=O) groups is 1. The highest BCUT2D eigenvalue weighted by molar-refractivity contribution is 6.91. The third-order valence-corrected chi connectivity index (χ3v) is 18.4. The molecule has 4 aliphatic rings. The summed E-state index contributed by atoms with van der Waals surface area (Å²) in [5.41, 5.74) is 2.84. The molecule has 0 aromatic heterocycles. The van der Waals surface area contributed by atoms with Crippen LogP contribution in [0.3, 0.4) is 0 Å². The van der Waals surface area contributed by atoms with Crippen molar-refractivity contribution in [1.82, 2.24) is 0 Å². The number of carbonyl (C=O) groups excluding carboxylic acids is 1. The van der Waals surface area contributed by atoms with Crippen LogP contribution < -0.4 is 9.92 Å². The maximum absolute atomic E-state index is 14.5. The molecule has 0 heterocycles. The minimum Gasteiger partial charge on any atom is -0.497 e. The minimum absolute atomic E-state index is 0.0479. The number of ether oxygens (including phenoxy) is 2. The number of fused-ring (bicyclic) bond motifs is 4. The van der Waals surface area contributed by atoms with Gasteiger partial charge in [-0.2, -0.15) is 0 Å². The molecule has 8 atom stereocenters. The molecule has 4 aliphatic carbocycles. The lowest BCUT2D eigenvalue weighted by Crippen LogP contribution is -2.67. The Hall–Kier alpha value is -2.25. The average Bonchev–Trinajstić information content (AvgIpc) is 3.40.